The van der Waals surface area contributed by atoms with Gasteiger partial charge >= 0.3 is 0 Å². The van der Waals surface area contributed by atoms with Crippen molar-refractivity contribution in [1.29, 1.82) is 0 Å². The van der Waals surface area contributed by atoms with Crippen LogP contribution in [0.1, 0.15) is 31.9 Å². The number of amides is 1. The molecule has 0 aliphatic heterocycles. The van der Waals surface area contributed by atoms with Crippen LogP contribution in [0.2, 0.25) is 0 Å². The fourth-order valence-electron chi connectivity index (χ4n) is 3.33. The van der Waals surface area contributed by atoms with Gasteiger partial charge in [-0.3, -0.25) is 4.79 Å². The van der Waals surface area contributed by atoms with E-state index in [1.807, 2.05) is 72.4 Å². The molecule has 3 nitrogen and oxygen atoms in total. The van der Waals surface area contributed by atoms with Crippen molar-refractivity contribution in [3.8, 4) is 5.00 Å². The highest BCUT2D eigenvalue weighted by molar-refractivity contribution is 7.15. The molecule has 0 unspecified atom stereocenters. The third-order valence-electron chi connectivity index (χ3n) is 4.94. The van der Waals surface area contributed by atoms with Crippen molar-refractivity contribution < 1.29 is 4.79 Å². The summed E-state index contributed by atoms with van der Waals surface area (Å²) in [5.41, 5.74) is 4.96. The molecule has 0 spiro atoms. The highest BCUT2D eigenvalue weighted by Crippen LogP contribution is 2.32. The number of aromatic nitrogens is 1. The largest absolute Gasteiger partial charge is 0.322 e. The van der Waals surface area contributed by atoms with Crippen molar-refractivity contribution in [3.63, 3.8) is 0 Å². The molecule has 0 fully saturated rings. The molecule has 1 N–H and O–H groups in total. The number of aryl methyl sites for hydroxylation is 1. The quantitative estimate of drug-likeness (QED) is 0.448. The topological polar surface area (TPSA) is 34.0 Å². The summed E-state index contributed by atoms with van der Waals surface area (Å²) in [5.74, 6) is -0.0638. The number of carbonyl (C=O) groups is 1. The zero-order chi connectivity index (χ0) is 19.5. The summed E-state index contributed by atoms with van der Waals surface area (Å²) >= 11 is 1.65. The molecular weight excluding hydrogens is 364 g/mol. The van der Waals surface area contributed by atoms with E-state index in [-0.39, 0.29) is 5.91 Å². The van der Waals surface area contributed by atoms with Gasteiger partial charge in [0, 0.05) is 23.0 Å². The second-order valence-electron chi connectivity index (χ2n) is 6.83. The molecule has 28 heavy (non-hydrogen) atoms. The number of anilines is 1. The van der Waals surface area contributed by atoms with Crippen LogP contribution in [0.4, 0.5) is 5.69 Å². The standard InChI is InChI=1S/C24H22N2OS/c1-17-18(2)28-24(26-14-8-9-15-26)22(17)23(27)25-21-13-7-6-12-20(21)16-19-10-4-3-5-11-19/h3-15H,16H2,1-2H3,(H,25,27). The minimum absolute atomic E-state index is 0.0638. The Labute approximate surface area is 169 Å². The number of nitrogens with one attached hydrogen (secondary N) is 1. The van der Waals surface area contributed by atoms with Gasteiger partial charge in [-0.15, -0.1) is 11.3 Å². The normalized spacial score (nSPS) is 10.8. The highest BCUT2D eigenvalue weighted by Gasteiger charge is 2.21. The maximum atomic E-state index is 13.3. The maximum absolute atomic E-state index is 13.3. The van der Waals surface area contributed by atoms with E-state index in [4.69, 9.17) is 0 Å². The molecule has 2 aromatic carbocycles. The monoisotopic (exact) mass is 386 g/mol. The van der Waals surface area contributed by atoms with E-state index in [2.05, 4.69) is 30.4 Å². The van der Waals surface area contributed by atoms with Gasteiger partial charge in [-0.05, 0) is 55.2 Å². The molecule has 4 heteroatoms. The second kappa shape index (κ2) is 7.87. The first-order valence-electron chi connectivity index (χ1n) is 9.30. The highest BCUT2D eigenvalue weighted by atomic mass is 32.1. The number of para-hydroxylation sites is 1. The van der Waals surface area contributed by atoms with Crippen molar-refractivity contribution >= 4 is 22.9 Å². The average Bonchev–Trinajstić information content (AvgIpc) is 3.33. The molecule has 0 radical (unpaired) electrons. The van der Waals surface area contributed by atoms with E-state index in [0.717, 1.165) is 38.7 Å². The van der Waals surface area contributed by atoms with Gasteiger partial charge in [-0.25, -0.2) is 0 Å². The summed E-state index contributed by atoms with van der Waals surface area (Å²) in [7, 11) is 0. The predicted molar refractivity (Wildman–Crippen MR) is 117 cm³/mol. The molecule has 4 aromatic rings. The first kappa shape index (κ1) is 18.3. The van der Waals surface area contributed by atoms with Crippen LogP contribution in [-0.4, -0.2) is 10.5 Å². The number of hydrogen-bond acceptors (Lipinski definition) is 2. The van der Waals surface area contributed by atoms with Crippen LogP contribution in [0.25, 0.3) is 5.00 Å². The van der Waals surface area contributed by atoms with Crippen LogP contribution < -0.4 is 5.32 Å². The molecule has 2 aromatic heterocycles. The fourth-order valence-corrected chi connectivity index (χ4v) is 4.45. The fraction of sp³-hybridized carbons (Fsp3) is 0.125. The SMILES string of the molecule is Cc1sc(-n2cccc2)c(C(=O)Nc2ccccc2Cc2ccccc2)c1C. The Morgan fingerprint density at radius 1 is 0.929 bits per heavy atom. The summed E-state index contributed by atoms with van der Waals surface area (Å²) in [5, 5.41) is 4.11. The molecule has 2 heterocycles. The van der Waals surface area contributed by atoms with Crippen molar-refractivity contribution in [3.05, 3.63) is 106 Å². The molecule has 0 saturated carbocycles. The van der Waals surface area contributed by atoms with Gasteiger partial charge in [0.05, 0.1) is 5.56 Å². The summed E-state index contributed by atoms with van der Waals surface area (Å²) < 4.78 is 2.01. The van der Waals surface area contributed by atoms with E-state index in [0.29, 0.717) is 0 Å². The number of thiophene rings is 1. The molecular formula is C24H22N2OS. The van der Waals surface area contributed by atoms with Crippen LogP contribution in [-0.2, 0) is 6.42 Å². The summed E-state index contributed by atoms with van der Waals surface area (Å²) in [4.78, 5) is 14.4. The zero-order valence-electron chi connectivity index (χ0n) is 16.0. The third kappa shape index (κ3) is 3.64. The number of rotatable bonds is 5. The molecule has 4 rings (SSSR count). The molecule has 0 saturated heterocycles. The second-order valence-corrected chi connectivity index (χ2v) is 8.03. The van der Waals surface area contributed by atoms with Crippen molar-refractivity contribution in [1.82, 2.24) is 4.57 Å². The van der Waals surface area contributed by atoms with Crippen LogP contribution in [0.5, 0.6) is 0 Å². The summed E-state index contributed by atoms with van der Waals surface area (Å²) in [6.45, 7) is 4.08. The van der Waals surface area contributed by atoms with Crippen molar-refractivity contribution in [2.24, 2.45) is 0 Å². The Bertz CT molecular complexity index is 1100. The van der Waals surface area contributed by atoms with Gasteiger partial charge < -0.3 is 9.88 Å². The maximum Gasteiger partial charge on any atom is 0.258 e. The lowest BCUT2D eigenvalue weighted by atomic mass is 10.0. The molecule has 140 valence electrons. The van der Waals surface area contributed by atoms with Gasteiger partial charge in [-0.2, -0.15) is 0 Å². The molecule has 0 bridgehead atoms. The lowest BCUT2D eigenvalue weighted by molar-refractivity contribution is 0.102. The molecule has 0 atom stereocenters. The van der Waals surface area contributed by atoms with E-state index in [9.17, 15) is 4.79 Å². The van der Waals surface area contributed by atoms with Crippen LogP contribution in [0.3, 0.4) is 0 Å². The number of benzene rings is 2. The van der Waals surface area contributed by atoms with Crippen LogP contribution in [0.15, 0.2) is 79.1 Å². The summed E-state index contributed by atoms with van der Waals surface area (Å²) in [6, 6.07) is 22.3. The Kier molecular flexibility index (Phi) is 5.13. The van der Waals surface area contributed by atoms with E-state index in [1.165, 1.54) is 5.56 Å². The van der Waals surface area contributed by atoms with Gasteiger partial charge in [0.15, 0.2) is 0 Å². The predicted octanol–water partition coefficient (Wildman–Crippen LogP) is 6.00. The first-order valence-corrected chi connectivity index (χ1v) is 10.1. The third-order valence-corrected chi connectivity index (χ3v) is 6.16. The Morgan fingerprint density at radius 3 is 2.36 bits per heavy atom. The molecule has 1 amide bonds. The first-order chi connectivity index (χ1) is 13.6. The molecule has 0 aliphatic carbocycles. The van der Waals surface area contributed by atoms with Gasteiger partial charge in [0.1, 0.15) is 5.00 Å². The lowest BCUT2D eigenvalue weighted by Crippen LogP contribution is -2.15. The van der Waals surface area contributed by atoms with Crippen molar-refractivity contribution in [2.75, 3.05) is 5.32 Å². The zero-order valence-corrected chi connectivity index (χ0v) is 16.8. The minimum Gasteiger partial charge on any atom is -0.322 e. The molecule has 0 aliphatic rings. The average molecular weight is 387 g/mol. The summed E-state index contributed by atoms with van der Waals surface area (Å²) in [6.07, 6.45) is 4.74. The van der Waals surface area contributed by atoms with E-state index >= 15 is 0 Å². The number of carbonyl (C=O) groups excluding carboxylic acids is 1. The van der Waals surface area contributed by atoms with Crippen molar-refractivity contribution in [2.45, 2.75) is 20.3 Å². The Balaban J connectivity index is 1.66. The smallest absolute Gasteiger partial charge is 0.258 e. The lowest BCUT2D eigenvalue weighted by Gasteiger charge is -2.13. The van der Waals surface area contributed by atoms with Crippen LogP contribution in [0, 0.1) is 13.8 Å². The van der Waals surface area contributed by atoms with Gasteiger partial charge in [-0.1, -0.05) is 48.5 Å². The van der Waals surface area contributed by atoms with Crippen LogP contribution >= 0.6 is 11.3 Å². The number of nitrogens with zero attached hydrogens (tertiary/aromatic N) is 1. The number of hydrogen-bond donors (Lipinski definition) is 1. The van der Waals surface area contributed by atoms with Gasteiger partial charge in [0.2, 0.25) is 0 Å². The Hall–Kier alpha value is -3.11. The van der Waals surface area contributed by atoms with Gasteiger partial charge in [0.25, 0.3) is 5.91 Å². The van der Waals surface area contributed by atoms with E-state index in [1.54, 1.807) is 11.3 Å². The Morgan fingerprint density at radius 2 is 1.61 bits per heavy atom. The van der Waals surface area contributed by atoms with E-state index < -0.39 is 0 Å². The minimum atomic E-state index is -0.0638.